The van der Waals surface area contributed by atoms with Gasteiger partial charge in [-0.2, -0.15) is 0 Å². The highest BCUT2D eigenvalue weighted by atomic mass is 127. The van der Waals surface area contributed by atoms with Crippen LogP contribution in [0.15, 0.2) is 4.99 Å². The molecular weight excluding hydrogens is 509 g/mol. The molecule has 1 amide bonds. The summed E-state index contributed by atoms with van der Waals surface area (Å²) < 4.78 is 5.46. The molecule has 0 spiro atoms. The molecule has 0 aliphatic carbocycles. The van der Waals surface area contributed by atoms with Crippen molar-refractivity contribution in [3.05, 3.63) is 0 Å². The SMILES string of the molecule is CCNC(=NCC(CCO)CC(C)C)NCCN1CCN(C(=O)OC(C)(C)C)CC1.I. The number of carbonyl (C=O) groups is 1. The lowest BCUT2D eigenvalue weighted by Crippen LogP contribution is -2.51. The summed E-state index contributed by atoms with van der Waals surface area (Å²) in [6.07, 6.45) is 1.65. The minimum Gasteiger partial charge on any atom is -0.444 e. The van der Waals surface area contributed by atoms with E-state index in [0.717, 1.165) is 58.1 Å². The molecule has 0 aromatic rings. The van der Waals surface area contributed by atoms with E-state index in [2.05, 4.69) is 36.3 Å². The standard InChI is InChI=1S/C22H45N5O3.HI/c1-7-23-20(25-17-19(8-15-28)16-18(2)3)24-9-10-26-11-13-27(14-12-26)21(29)30-22(4,5)6;/h18-19,28H,7-17H2,1-6H3,(H2,23,24,25);1H. The van der Waals surface area contributed by atoms with Gasteiger partial charge in [0.15, 0.2) is 5.96 Å². The number of hydrogen-bond acceptors (Lipinski definition) is 5. The second-order valence-corrected chi connectivity index (χ2v) is 9.46. The molecule has 0 radical (unpaired) electrons. The zero-order valence-corrected chi connectivity index (χ0v) is 22.8. The summed E-state index contributed by atoms with van der Waals surface area (Å²) in [5, 5.41) is 16.0. The van der Waals surface area contributed by atoms with Crippen LogP contribution in [0.4, 0.5) is 4.79 Å². The smallest absolute Gasteiger partial charge is 0.410 e. The van der Waals surface area contributed by atoms with Gasteiger partial charge in [-0.1, -0.05) is 13.8 Å². The number of rotatable bonds is 10. The fourth-order valence-corrected chi connectivity index (χ4v) is 3.51. The fourth-order valence-electron chi connectivity index (χ4n) is 3.51. The molecule has 184 valence electrons. The number of carbonyl (C=O) groups excluding carboxylic acids is 1. The number of aliphatic imine (C=N–C) groups is 1. The van der Waals surface area contributed by atoms with Gasteiger partial charge in [0, 0.05) is 59.0 Å². The number of halogens is 1. The van der Waals surface area contributed by atoms with Crippen molar-refractivity contribution >= 4 is 36.0 Å². The average Bonchev–Trinajstić information content (AvgIpc) is 2.65. The maximum atomic E-state index is 12.2. The zero-order valence-electron chi connectivity index (χ0n) is 20.4. The van der Waals surface area contributed by atoms with Crippen molar-refractivity contribution in [2.45, 2.75) is 60.0 Å². The number of amides is 1. The van der Waals surface area contributed by atoms with Crippen molar-refractivity contribution in [2.75, 3.05) is 59.0 Å². The molecule has 1 heterocycles. The average molecular weight is 556 g/mol. The van der Waals surface area contributed by atoms with Crippen molar-refractivity contribution in [2.24, 2.45) is 16.8 Å². The number of piperazine rings is 1. The molecule has 1 fully saturated rings. The van der Waals surface area contributed by atoms with Crippen LogP contribution in [0.5, 0.6) is 0 Å². The van der Waals surface area contributed by atoms with Gasteiger partial charge >= 0.3 is 6.09 Å². The molecule has 3 N–H and O–H groups in total. The molecular formula is C22H46IN5O3. The number of aliphatic hydroxyl groups excluding tert-OH is 1. The lowest BCUT2D eigenvalue weighted by Gasteiger charge is -2.35. The topological polar surface area (TPSA) is 89.4 Å². The first kappa shape index (κ1) is 30.2. The van der Waals surface area contributed by atoms with Crippen molar-refractivity contribution in [1.29, 1.82) is 0 Å². The largest absolute Gasteiger partial charge is 0.444 e. The summed E-state index contributed by atoms with van der Waals surface area (Å²) in [4.78, 5) is 21.0. The van der Waals surface area contributed by atoms with E-state index in [1.165, 1.54) is 0 Å². The van der Waals surface area contributed by atoms with Crippen LogP contribution in [0.25, 0.3) is 0 Å². The molecule has 0 saturated carbocycles. The lowest BCUT2D eigenvalue weighted by molar-refractivity contribution is 0.0147. The molecule has 1 atom stereocenters. The molecule has 1 aliphatic rings. The Morgan fingerprint density at radius 1 is 1.16 bits per heavy atom. The normalized spacial score (nSPS) is 16.6. The van der Waals surface area contributed by atoms with Crippen LogP contribution >= 0.6 is 24.0 Å². The van der Waals surface area contributed by atoms with Gasteiger partial charge in [-0.15, -0.1) is 24.0 Å². The molecule has 1 unspecified atom stereocenters. The number of aliphatic hydroxyl groups is 1. The van der Waals surface area contributed by atoms with E-state index in [1.807, 2.05) is 20.8 Å². The second-order valence-electron chi connectivity index (χ2n) is 9.46. The van der Waals surface area contributed by atoms with Crippen LogP contribution in [-0.4, -0.2) is 91.5 Å². The van der Waals surface area contributed by atoms with Crippen molar-refractivity contribution in [1.82, 2.24) is 20.4 Å². The van der Waals surface area contributed by atoms with Gasteiger partial charge in [-0.3, -0.25) is 9.89 Å². The van der Waals surface area contributed by atoms with Gasteiger partial charge in [0.2, 0.25) is 0 Å². The van der Waals surface area contributed by atoms with Gasteiger partial charge in [0.1, 0.15) is 5.60 Å². The molecule has 8 nitrogen and oxygen atoms in total. The van der Waals surface area contributed by atoms with E-state index in [1.54, 1.807) is 4.90 Å². The third-order valence-electron chi connectivity index (χ3n) is 4.94. The van der Waals surface area contributed by atoms with Crippen LogP contribution in [0.3, 0.4) is 0 Å². The molecule has 1 aliphatic heterocycles. The summed E-state index contributed by atoms with van der Waals surface area (Å²) >= 11 is 0. The monoisotopic (exact) mass is 555 g/mol. The van der Waals surface area contributed by atoms with Gasteiger partial charge in [-0.05, 0) is 52.4 Å². The Morgan fingerprint density at radius 2 is 1.81 bits per heavy atom. The number of ether oxygens (including phenoxy) is 1. The Labute approximate surface area is 206 Å². The molecule has 0 aromatic heterocycles. The Kier molecular flexibility index (Phi) is 15.5. The van der Waals surface area contributed by atoms with Gasteiger partial charge in [-0.25, -0.2) is 4.79 Å². The van der Waals surface area contributed by atoms with Crippen LogP contribution in [0.2, 0.25) is 0 Å². The summed E-state index contributed by atoms with van der Waals surface area (Å²) in [6.45, 7) is 18.7. The lowest BCUT2D eigenvalue weighted by atomic mass is 9.94. The predicted molar refractivity (Wildman–Crippen MR) is 138 cm³/mol. The van der Waals surface area contributed by atoms with E-state index < -0.39 is 5.60 Å². The Bertz CT molecular complexity index is 518. The Balaban J connectivity index is 0.00000900. The highest BCUT2D eigenvalue weighted by Crippen LogP contribution is 2.15. The van der Waals surface area contributed by atoms with Crippen molar-refractivity contribution in [3.63, 3.8) is 0 Å². The molecule has 1 saturated heterocycles. The van der Waals surface area contributed by atoms with Crippen LogP contribution in [0, 0.1) is 11.8 Å². The van der Waals surface area contributed by atoms with E-state index in [0.29, 0.717) is 24.9 Å². The van der Waals surface area contributed by atoms with Gasteiger partial charge in [0.05, 0.1) is 0 Å². The number of nitrogens with one attached hydrogen (secondary N) is 2. The van der Waals surface area contributed by atoms with Gasteiger partial charge in [0.25, 0.3) is 0 Å². The Hall–Kier alpha value is -0.810. The maximum Gasteiger partial charge on any atom is 0.410 e. The van der Waals surface area contributed by atoms with E-state index >= 15 is 0 Å². The predicted octanol–water partition coefficient (Wildman–Crippen LogP) is 2.76. The summed E-state index contributed by atoms with van der Waals surface area (Å²) in [7, 11) is 0. The summed E-state index contributed by atoms with van der Waals surface area (Å²) in [5.41, 5.74) is -0.453. The fraction of sp³-hybridized carbons (Fsp3) is 0.909. The van der Waals surface area contributed by atoms with E-state index in [-0.39, 0.29) is 36.7 Å². The number of nitrogens with zero attached hydrogens (tertiary/aromatic N) is 3. The van der Waals surface area contributed by atoms with Gasteiger partial charge < -0.3 is 25.4 Å². The molecule has 1 rings (SSSR count). The number of hydrogen-bond donors (Lipinski definition) is 3. The second kappa shape index (κ2) is 15.9. The Morgan fingerprint density at radius 3 is 2.32 bits per heavy atom. The number of guanidine groups is 1. The zero-order chi connectivity index (χ0) is 22.6. The van der Waals surface area contributed by atoms with E-state index in [4.69, 9.17) is 9.73 Å². The van der Waals surface area contributed by atoms with E-state index in [9.17, 15) is 9.90 Å². The molecule has 0 aromatic carbocycles. The quantitative estimate of drug-likeness (QED) is 0.218. The highest BCUT2D eigenvalue weighted by Gasteiger charge is 2.25. The molecule has 9 heteroatoms. The maximum absolute atomic E-state index is 12.2. The summed E-state index contributed by atoms with van der Waals surface area (Å²) in [5.74, 6) is 1.84. The minimum atomic E-state index is -0.453. The first-order chi connectivity index (χ1) is 14.1. The van der Waals surface area contributed by atoms with Crippen LogP contribution in [-0.2, 0) is 4.74 Å². The first-order valence-electron chi connectivity index (χ1n) is 11.5. The van der Waals surface area contributed by atoms with Crippen molar-refractivity contribution < 1.29 is 14.6 Å². The van der Waals surface area contributed by atoms with Crippen LogP contribution in [0.1, 0.15) is 54.4 Å². The first-order valence-corrected chi connectivity index (χ1v) is 11.5. The molecule has 0 bridgehead atoms. The minimum absolute atomic E-state index is 0. The third-order valence-corrected chi connectivity index (χ3v) is 4.94. The van der Waals surface area contributed by atoms with Crippen LogP contribution < -0.4 is 10.6 Å². The summed E-state index contributed by atoms with van der Waals surface area (Å²) in [6, 6.07) is 0. The van der Waals surface area contributed by atoms with Crippen molar-refractivity contribution in [3.8, 4) is 0 Å². The highest BCUT2D eigenvalue weighted by molar-refractivity contribution is 14.0. The third kappa shape index (κ3) is 14.1. The molecule has 31 heavy (non-hydrogen) atoms.